The summed E-state index contributed by atoms with van der Waals surface area (Å²) in [5.74, 6) is -21.3. The molecule has 0 unspecified atom stereocenters. The summed E-state index contributed by atoms with van der Waals surface area (Å²) >= 11 is 0. The quantitative estimate of drug-likeness (QED) is 0.433. The second-order valence-electron chi connectivity index (χ2n) is 3.82. The molecule has 21 heavy (non-hydrogen) atoms. The van der Waals surface area contributed by atoms with Crippen LogP contribution in [0.5, 0.6) is 0 Å². The van der Waals surface area contributed by atoms with Crippen LogP contribution in [-0.4, -0.2) is 36.5 Å². The third-order valence-electron chi connectivity index (χ3n) is 2.16. The van der Waals surface area contributed by atoms with Crippen LogP contribution in [0.2, 0.25) is 0 Å². The van der Waals surface area contributed by atoms with Crippen LogP contribution in [0.1, 0.15) is 13.8 Å². The number of alkyl halides is 9. The van der Waals surface area contributed by atoms with Gasteiger partial charge in [-0.2, -0.15) is 39.5 Å². The summed E-state index contributed by atoms with van der Waals surface area (Å²) in [6, 6.07) is 0. The second-order valence-corrected chi connectivity index (χ2v) is 3.82. The highest BCUT2D eigenvalue weighted by atomic mass is 19.4. The van der Waals surface area contributed by atoms with Gasteiger partial charge in [0.2, 0.25) is 0 Å². The first kappa shape index (κ1) is 19.6. The Kier molecular flexibility index (Phi) is 5.37. The normalized spacial score (nSPS) is 15.1. The van der Waals surface area contributed by atoms with Crippen molar-refractivity contribution in [3.05, 3.63) is 11.6 Å². The molecule has 124 valence electrons. The van der Waals surface area contributed by atoms with E-state index in [2.05, 4.69) is 4.74 Å². The van der Waals surface area contributed by atoms with Gasteiger partial charge in [0, 0.05) is 11.6 Å². The zero-order valence-corrected chi connectivity index (χ0v) is 10.5. The Morgan fingerprint density at radius 1 is 0.952 bits per heavy atom. The van der Waals surface area contributed by atoms with Gasteiger partial charge >= 0.3 is 29.9 Å². The molecule has 0 atom stereocenters. The van der Waals surface area contributed by atoms with Crippen molar-refractivity contribution in [2.45, 2.75) is 37.8 Å². The summed E-state index contributed by atoms with van der Waals surface area (Å²) in [7, 11) is 0. The molecule has 0 amide bonds. The maximum atomic E-state index is 13.1. The number of ether oxygens (including phenoxy) is 1. The molecule has 0 spiro atoms. The van der Waals surface area contributed by atoms with Crippen molar-refractivity contribution >= 4 is 5.97 Å². The van der Waals surface area contributed by atoms with Gasteiger partial charge in [-0.25, -0.2) is 4.79 Å². The molecule has 0 N–H and O–H groups in total. The third kappa shape index (κ3) is 3.62. The first-order chi connectivity index (χ1) is 9.12. The van der Waals surface area contributed by atoms with E-state index in [9.17, 15) is 44.3 Å². The molecule has 2 nitrogen and oxygen atoms in total. The van der Waals surface area contributed by atoms with E-state index in [4.69, 9.17) is 0 Å². The number of hydrogen-bond donors (Lipinski definition) is 0. The van der Waals surface area contributed by atoms with Crippen molar-refractivity contribution in [1.29, 1.82) is 0 Å². The van der Waals surface area contributed by atoms with Gasteiger partial charge in [-0.05, 0) is 13.8 Å². The summed E-state index contributed by atoms with van der Waals surface area (Å²) in [6.45, 7) is 1.40. The lowest BCUT2D eigenvalue weighted by Crippen LogP contribution is -2.60. The molecule has 0 heterocycles. The van der Waals surface area contributed by atoms with E-state index in [0.29, 0.717) is 6.92 Å². The summed E-state index contributed by atoms with van der Waals surface area (Å²) < 4.78 is 116. The van der Waals surface area contributed by atoms with Crippen LogP contribution in [0.4, 0.5) is 39.5 Å². The zero-order chi connectivity index (χ0) is 17.3. The van der Waals surface area contributed by atoms with Gasteiger partial charge in [-0.1, -0.05) is 0 Å². The highest BCUT2D eigenvalue weighted by molar-refractivity contribution is 5.87. The summed E-state index contributed by atoms with van der Waals surface area (Å²) in [5.41, 5.74) is -1.24. The van der Waals surface area contributed by atoms with Crippen LogP contribution >= 0.6 is 0 Å². The maximum Gasteiger partial charge on any atom is 0.460 e. The predicted molar refractivity (Wildman–Crippen MR) is 51.3 cm³/mol. The number of halogens is 9. The SMILES string of the molecule is CCOC(=O)/C(C)=C/C(F)(F)C(F)(F)C(F)(F)C(F)(F)F. The highest BCUT2D eigenvalue weighted by Gasteiger charge is 2.81. The monoisotopic (exact) mass is 332 g/mol. The number of carbonyl (C=O) groups excluding carboxylic acids is 1. The van der Waals surface area contributed by atoms with Crippen molar-refractivity contribution in [3.63, 3.8) is 0 Å². The van der Waals surface area contributed by atoms with Crippen molar-refractivity contribution in [2.75, 3.05) is 6.61 Å². The summed E-state index contributed by atoms with van der Waals surface area (Å²) in [5, 5.41) is 0. The molecule has 0 aromatic rings. The minimum Gasteiger partial charge on any atom is -0.463 e. The molecule has 0 saturated heterocycles. The molecular weight excluding hydrogens is 323 g/mol. The number of rotatable bonds is 5. The fourth-order valence-electron chi connectivity index (χ4n) is 1.05. The van der Waals surface area contributed by atoms with Crippen molar-refractivity contribution in [3.8, 4) is 0 Å². The molecule has 0 radical (unpaired) electrons. The van der Waals surface area contributed by atoms with Gasteiger partial charge in [0.1, 0.15) is 0 Å². The van der Waals surface area contributed by atoms with E-state index in [1.807, 2.05) is 0 Å². The average molecular weight is 332 g/mol. The summed E-state index contributed by atoms with van der Waals surface area (Å²) in [6.07, 6.45) is -7.88. The molecule has 11 heteroatoms. The molecular formula is C10H9F9O2. The Labute approximate surface area is 112 Å². The van der Waals surface area contributed by atoms with Crippen LogP contribution in [0.3, 0.4) is 0 Å². The average Bonchev–Trinajstić information content (AvgIpc) is 2.26. The van der Waals surface area contributed by atoms with E-state index < -0.39 is 41.6 Å². The molecule has 0 aromatic carbocycles. The smallest absolute Gasteiger partial charge is 0.460 e. The topological polar surface area (TPSA) is 26.3 Å². The fourth-order valence-corrected chi connectivity index (χ4v) is 1.05. The first-order valence-corrected chi connectivity index (χ1v) is 5.18. The molecule has 0 rings (SSSR count). The Balaban J connectivity index is 5.69. The Bertz CT molecular complexity index is 423. The number of carbonyl (C=O) groups is 1. The van der Waals surface area contributed by atoms with E-state index in [1.54, 1.807) is 0 Å². The van der Waals surface area contributed by atoms with Gasteiger partial charge in [0.25, 0.3) is 0 Å². The number of hydrogen-bond acceptors (Lipinski definition) is 2. The van der Waals surface area contributed by atoms with Crippen molar-refractivity contribution < 1.29 is 49.0 Å². The Hall–Kier alpha value is -1.42. The largest absolute Gasteiger partial charge is 0.463 e. The predicted octanol–water partition coefficient (Wildman–Crippen LogP) is 3.96. The minimum absolute atomic E-state index is 0.343. The first-order valence-electron chi connectivity index (χ1n) is 5.18. The second kappa shape index (κ2) is 5.76. The van der Waals surface area contributed by atoms with Gasteiger partial charge in [0.05, 0.1) is 6.61 Å². The molecule has 0 bridgehead atoms. The molecule has 0 saturated carbocycles. The van der Waals surface area contributed by atoms with E-state index in [-0.39, 0.29) is 6.61 Å². The Morgan fingerprint density at radius 3 is 1.71 bits per heavy atom. The maximum absolute atomic E-state index is 13.1. The van der Waals surface area contributed by atoms with Gasteiger partial charge in [0.15, 0.2) is 0 Å². The van der Waals surface area contributed by atoms with Crippen LogP contribution in [0.15, 0.2) is 11.6 Å². The molecule has 0 aromatic heterocycles. The van der Waals surface area contributed by atoms with Gasteiger partial charge in [-0.3, -0.25) is 0 Å². The lowest BCUT2D eigenvalue weighted by Gasteiger charge is -2.32. The van der Waals surface area contributed by atoms with Crippen molar-refractivity contribution in [2.24, 2.45) is 0 Å². The molecule has 0 aliphatic carbocycles. The van der Waals surface area contributed by atoms with E-state index >= 15 is 0 Å². The highest BCUT2D eigenvalue weighted by Crippen LogP contribution is 2.53. The van der Waals surface area contributed by atoms with Crippen LogP contribution in [0, 0.1) is 0 Å². The van der Waals surface area contributed by atoms with Crippen LogP contribution in [0.25, 0.3) is 0 Å². The minimum atomic E-state index is -6.99. The number of esters is 1. The molecule has 0 fully saturated rings. The fraction of sp³-hybridized carbons (Fsp3) is 0.700. The van der Waals surface area contributed by atoms with Crippen molar-refractivity contribution in [1.82, 2.24) is 0 Å². The van der Waals surface area contributed by atoms with Crippen LogP contribution in [-0.2, 0) is 9.53 Å². The van der Waals surface area contributed by atoms with Gasteiger partial charge in [-0.15, -0.1) is 0 Å². The lowest BCUT2D eigenvalue weighted by atomic mass is 10.0. The Morgan fingerprint density at radius 2 is 1.38 bits per heavy atom. The zero-order valence-electron chi connectivity index (χ0n) is 10.5. The molecule has 0 aliphatic heterocycles. The van der Waals surface area contributed by atoms with E-state index in [0.717, 1.165) is 0 Å². The molecule has 0 aliphatic rings. The van der Waals surface area contributed by atoms with Crippen LogP contribution < -0.4 is 0 Å². The van der Waals surface area contributed by atoms with E-state index in [1.165, 1.54) is 6.92 Å². The standard InChI is InChI=1S/C10H9F9O2/c1-3-21-6(20)5(2)4-7(11,12)8(13,14)9(15,16)10(17,18)19/h4H,3H2,1-2H3/b5-4+. The summed E-state index contributed by atoms with van der Waals surface area (Å²) in [4.78, 5) is 10.9. The number of allylic oxidation sites excluding steroid dienone is 1. The third-order valence-corrected chi connectivity index (χ3v) is 2.16. The lowest BCUT2D eigenvalue weighted by molar-refractivity contribution is -0.388. The van der Waals surface area contributed by atoms with Gasteiger partial charge < -0.3 is 4.74 Å².